The van der Waals surface area contributed by atoms with Crippen LogP contribution in [0, 0.1) is 5.92 Å². The summed E-state index contributed by atoms with van der Waals surface area (Å²) in [6.45, 7) is 2.18. The third kappa shape index (κ3) is 4.68. The van der Waals surface area contributed by atoms with Crippen molar-refractivity contribution in [1.82, 2.24) is 4.90 Å². The highest BCUT2D eigenvalue weighted by Crippen LogP contribution is 2.32. The summed E-state index contributed by atoms with van der Waals surface area (Å²) < 4.78 is 23.4. The van der Waals surface area contributed by atoms with Gasteiger partial charge in [0.2, 0.25) is 0 Å². The summed E-state index contributed by atoms with van der Waals surface area (Å²) >= 11 is 0. The Labute approximate surface area is 127 Å². The summed E-state index contributed by atoms with van der Waals surface area (Å²) in [7, 11) is -2.97. The molecule has 5 nitrogen and oxygen atoms in total. The zero-order valence-corrected chi connectivity index (χ0v) is 13.6. The highest BCUT2D eigenvalue weighted by Gasteiger charge is 2.37. The molecule has 0 spiro atoms. The van der Waals surface area contributed by atoms with Gasteiger partial charge in [-0.25, -0.2) is 8.42 Å². The van der Waals surface area contributed by atoms with Crippen molar-refractivity contribution >= 4 is 15.8 Å². The first-order chi connectivity index (χ1) is 9.91. The van der Waals surface area contributed by atoms with E-state index < -0.39 is 15.8 Å². The first-order valence-corrected chi connectivity index (χ1v) is 9.91. The minimum atomic E-state index is -2.97. The molecule has 1 aliphatic heterocycles. The average molecular weight is 317 g/mol. The van der Waals surface area contributed by atoms with Crippen LogP contribution in [0.2, 0.25) is 0 Å². The maximum atomic E-state index is 11.7. The summed E-state index contributed by atoms with van der Waals surface area (Å²) in [4.78, 5) is 13.1. The summed E-state index contributed by atoms with van der Waals surface area (Å²) in [6.07, 6.45) is 7.36. The van der Waals surface area contributed by atoms with E-state index in [1.54, 1.807) is 0 Å². The van der Waals surface area contributed by atoms with Crippen LogP contribution in [-0.2, 0) is 14.6 Å². The van der Waals surface area contributed by atoms with Crippen LogP contribution in [0.5, 0.6) is 0 Å². The van der Waals surface area contributed by atoms with Crippen LogP contribution >= 0.6 is 0 Å². The number of nitrogens with zero attached hydrogens (tertiary/aromatic N) is 1. The number of aliphatic carboxylic acids is 1. The number of hydrogen-bond donors (Lipinski definition) is 1. The van der Waals surface area contributed by atoms with Gasteiger partial charge in [0.25, 0.3) is 0 Å². The molecular formula is C15H27NO4S. The fraction of sp³-hybridized carbons (Fsp3) is 0.933. The quantitative estimate of drug-likeness (QED) is 0.810. The Balaban J connectivity index is 1.99. The van der Waals surface area contributed by atoms with Crippen molar-refractivity contribution in [3.05, 3.63) is 0 Å². The minimum Gasteiger partial charge on any atom is -0.480 e. The lowest BCUT2D eigenvalue weighted by atomic mass is 9.82. The topological polar surface area (TPSA) is 74.7 Å². The van der Waals surface area contributed by atoms with Gasteiger partial charge in [0.1, 0.15) is 0 Å². The first-order valence-electron chi connectivity index (χ1n) is 8.09. The Morgan fingerprint density at radius 3 is 2.29 bits per heavy atom. The van der Waals surface area contributed by atoms with Crippen LogP contribution in [0.3, 0.4) is 0 Å². The van der Waals surface area contributed by atoms with E-state index in [4.69, 9.17) is 5.11 Å². The largest absolute Gasteiger partial charge is 0.480 e. The number of carbonyl (C=O) groups is 1. The van der Waals surface area contributed by atoms with Crippen molar-refractivity contribution in [2.75, 3.05) is 18.1 Å². The molecule has 0 amide bonds. The molecule has 2 fully saturated rings. The normalized spacial score (nSPS) is 32.4. The molecule has 122 valence electrons. The second-order valence-corrected chi connectivity index (χ2v) is 8.81. The van der Waals surface area contributed by atoms with E-state index in [1.807, 2.05) is 4.90 Å². The van der Waals surface area contributed by atoms with Crippen LogP contribution < -0.4 is 0 Å². The second kappa shape index (κ2) is 7.09. The van der Waals surface area contributed by atoms with Gasteiger partial charge in [-0.2, -0.15) is 0 Å². The van der Waals surface area contributed by atoms with E-state index in [0.29, 0.717) is 6.42 Å². The minimum absolute atomic E-state index is 0.0245. The van der Waals surface area contributed by atoms with Gasteiger partial charge in [-0.3, -0.25) is 9.69 Å². The lowest BCUT2D eigenvalue weighted by Crippen LogP contribution is -2.48. The monoisotopic (exact) mass is 317 g/mol. The van der Waals surface area contributed by atoms with E-state index in [2.05, 4.69) is 6.92 Å². The van der Waals surface area contributed by atoms with Gasteiger partial charge < -0.3 is 5.11 Å². The molecule has 2 aliphatic rings. The van der Waals surface area contributed by atoms with Crippen LogP contribution in [0.15, 0.2) is 0 Å². The van der Waals surface area contributed by atoms with Crippen LogP contribution in [-0.4, -0.2) is 54.5 Å². The molecule has 0 bridgehead atoms. The molecule has 2 rings (SSSR count). The van der Waals surface area contributed by atoms with Crippen LogP contribution in [0.4, 0.5) is 0 Å². The first kappa shape index (κ1) is 16.7. The van der Waals surface area contributed by atoms with Gasteiger partial charge in [0.15, 0.2) is 9.84 Å². The molecule has 0 aromatic rings. The molecular weight excluding hydrogens is 290 g/mol. The van der Waals surface area contributed by atoms with Gasteiger partial charge >= 0.3 is 5.97 Å². The maximum Gasteiger partial charge on any atom is 0.317 e. The molecule has 1 saturated heterocycles. The molecule has 21 heavy (non-hydrogen) atoms. The van der Waals surface area contributed by atoms with Crippen molar-refractivity contribution in [2.24, 2.45) is 5.92 Å². The fourth-order valence-corrected chi connectivity index (χ4v) is 5.67. The van der Waals surface area contributed by atoms with Gasteiger partial charge in [-0.1, -0.05) is 19.8 Å². The second-order valence-electron chi connectivity index (χ2n) is 6.59. The Hall–Kier alpha value is -0.620. The van der Waals surface area contributed by atoms with Crippen molar-refractivity contribution in [3.63, 3.8) is 0 Å². The van der Waals surface area contributed by atoms with E-state index in [9.17, 15) is 13.2 Å². The standard InChI is InChI=1S/C15H27NO4S/c1-2-3-12-4-6-13(7-5-12)16(10-15(17)18)14-8-9-21(19,20)11-14/h12-14H,2-11H2,1H3,(H,17,18). The van der Waals surface area contributed by atoms with Crippen molar-refractivity contribution in [2.45, 2.75) is 64.0 Å². The number of carboxylic acid groups (broad SMARTS) is 1. The van der Waals surface area contributed by atoms with Gasteiger partial charge in [0.05, 0.1) is 18.1 Å². The summed E-state index contributed by atoms with van der Waals surface area (Å²) in [5.41, 5.74) is 0. The zero-order valence-electron chi connectivity index (χ0n) is 12.8. The predicted molar refractivity (Wildman–Crippen MR) is 82.1 cm³/mol. The molecule has 1 saturated carbocycles. The lowest BCUT2D eigenvalue weighted by Gasteiger charge is -2.39. The van der Waals surface area contributed by atoms with Gasteiger partial charge in [-0.15, -0.1) is 0 Å². The summed E-state index contributed by atoms with van der Waals surface area (Å²) in [6, 6.07) is 0.145. The number of carboxylic acids is 1. The van der Waals surface area contributed by atoms with Crippen LogP contribution in [0.25, 0.3) is 0 Å². The lowest BCUT2D eigenvalue weighted by molar-refractivity contribution is -0.139. The number of hydrogen-bond acceptors (Lipinski definition) is 4. The number of rotatable bonds is 6. The molecule has 0 aromatic heterocycles. The van der Waals surface area contributed by atoms with Gasteiger partial charge in [-0.05, 0) is 38.0 Å². The summed E-state index contributed by atoms with van der Waals surface area (Å²) in [5.74, 6) is 0.258. The Morgan fingerprint density at radius 1 is 1.14 bits per heavy atom. The molecule has 1 atom stereocenters. The molecule has 1 unspecified atom stereocenters. The molecule has 0 radical (unpaired) electrons. The predicted octanol–water partition coefficient (Wildman–Crippen LogP) is 1.92. The Morgan fingerprint density at radius 2 is 1.81 bits per heavy atom. The van der Waals surface area contributed by atoms with Gasteiger partial charge in [0, 0.05) is 12.1 Å². The maximum absolute atomic E-state index is 11.7. The third-order valence-electron chi connectivity index (χ3n) is 4.98. The molecule has 0 aromatic carbocycles. The molecule has 1 heterocycles. The van der Waals surface area contributed by atoms with Crippen molar-refractivity contribution < 1.29 is 18.3 Å². The highest BCUT2D eigenvalue weighted by atomic mass is 32.2. The molecule has 1 aliphatic carbocycles. The van der Waals surface area contributed by atoms with E-state index in [-0.39, 0.29) is 30.1 Å². The fourth-order valence-electron chi connectivity index (χ4n) is 3.92. The smallest absolute Gasteiger partial charge is 0.317 e. The third-order valence-corrected chi connectivity index (χ3v) is 6.73. The number of sulfone groups is 1. The highest BCUT2D eigenvalue weighted by molar-refractivity contribution is 7.91. The van der Waals surface area contributed by atoms with Crippen molar-refractivity contribution in [3.8, 4) is 0 Å². The Bertz CT molecular complexity index is 454. The van der Waals surface area contributed by atoms with E-state index in [0.717, 1.165) is 31.6 Å². The zero-order chi connectivity index (χ0) is 15.5. The molecule has 6 heteroatoms. The van der Waals surface area contributed by atoms with E-state index >= 15 is 0 Å². The summed E-state index contributed by atoms with van der Waals surface area (Å²) in [5, 5.41) is 9.15. The average Bonchev–Trinajstić information content (AvgIpc) is 2.77. The van der Waals surface area contributed by atoms with Crippen molar-refractivity contribution in [1.29, 1.82) is 0 Å². The SMILES string of the molecule is CCCC1CCC(N(CC(=O)O)C2CCS(=O)(=O)C2)CC1. The Kier molecular flexibility index (Phi) is 5.66. The van der Waals surface area contributed by atoms with Crippen LogP contribution in [0.1, 0.15) is 51.9 Å². The van der Waals surface area contributed by atoms with E-state index in [1.165, 1.54) is 12.8 Å². The molecule has 1 N–H and O–H groups in total.